The van der Waals surface area contributed by atoms with Gasteiger partial charge in [-0.15, -0.1) is 0 Å². The minimum absolute atomic E-state index is 0.0193. The lowest BCUT2D eigenvalue weighted by molar-refractivity contribution is 0.0724. The number of nitrogens with two attached hydrogens (primary N) is 1. The lowest BCUT2D eigenvalue weighted by atomic mass is 9.99. The van der Waals surface area contributed by atoms with E-state index in [4.69, 9.17) is 26.8 Å². The van der Waals surface area contributed by atoms with Gasteiger partial charge in [-0.05, 0) is 24.1 Å². The largest absolute Gasteiger partial charge is 0.495 e. The summed E-state index contributed by atoms with van der Waals surface area (Å²) < 4.78 is 10.6. The van der Waals surface area contributed by atoms with E-state index in [0.29, 0.717) is 10.8 Å². The zero-order valence-electron chi connectivity index (χ0n) is 10.6. The molecule has 0 radical (unpaired) electrons. The summed E-state index contributed by atoms with van der Waals surface area (Å²) in [6.07, 6.45) is 1.99. The normalized spacial score (nSPS) is 14.4. The lowest BCUT2D eigenvalue weighted by Gasteiger charge is -2.23. The Balaban J connectivity index is 2.90. The molecule has 0 bridgehead atoms. The van der Waals surface area contributed by atoms with Gasteiger partial charge in [0.1, 0.15) is 5.75 Å². The standard InChI is InChI=1S/C13H20ClNO2/c1-4-5-11(16-2)13(15)9-6-7-10(14)12(8-9)17-3/h6-8,11,13H,4-5,15H2,1-3H3. The van der Waals surface area contributed by atoms with Crippen LogP contribution in [0.25, 0.3) is 0 Å². The van der Waals surface area contributed by atoms with Crippen molar-refractivity contribution in [1.29, 1.82) is 0 Å². The highest BCUT2D eigenvalue weighted by Gasteiger charge is 2.19. The Morgan fingerprint density at radius 3 is 2.59 bits per heavy atom. The molecule has 0 heterocycles. The van der Waals surface area contributed by atoms with E-state index in [1.165, 1.54) is 0 Å². The maximum Gasteiger partial charge on any atom is 0.137 e. The van der Waals surface area contributed by atoms with Crippen LogP contribution < -0.4 is 10.5 Å². The predicted molar refractivity (Wildman–Crippen MR) is 70.6 cm³/mol. The van der Waals surface area contributed by atoms with Gasteiger partial charge in [-0.2, -0.15) is 0 Å². The minimum atomic E-state index is -0.161. The molecule has 3 nitrogen and oxygen atoms in total. The molecule has 0 spiro atoms. The molecule has 2 atom stereocenters. The van der Waals surface area contributed by atoms with Gasteiger partial charge in [0.05, 0.1) is 24.3 Å². The van der Waals surface area contributed by atoms with E-state index in [-0.39, 0.29) is 12.1 Å². The van der Waals surface area contributed by atoms with Gasteiger partial charge in [-0.3, -0.25) is 0 Å². The summed E-state index contributed by atoms with van der Waals surface area (Å²) in [5.41, 5.74) is 7.16. The number of hydrogen-bond acceptors (Lipinski definition) is 3. The van der Waals surface area contributed by atoms with Gasteiger partial charge in [0.25, 0.3) is 0 Å². The Morgan fingerprint density at radius 1 is 1.35 bits per heavy atom. The molecule has 1 aromatic rings. The Hall–Kier alpha value is -0.770. The molecule has 2 unspecified atom stereocenters. The second kappa shape index (κ2) is 6.84. The first-order valence-corrected chi connectivity index (χ1v) is 6.13. The summed E-state index contributed by atoms with van der Waals surface area (Å²) in [5, 5.41) is 0.591. The van der Waals surface area contributed by atoms with Crippen LogP contribution in [0.15, 0.2) is 18.2 Å². The van der Waals surface area contributed by atoms with Gasteiger partial charge in [0.15, 0.2) is 0 Å². The van der Waals surface area contributed by atoms with Crippen LogP contribution in [-0.4, -0.2) is 20.3 Å². The Kier molecular flexibility index (Phi) is 5.75. The highest BCUT2D eigenvalue weighted by atomic mass is 35.5. The molecule has 0 aliphatic heterocycles. The zero-order chi connectivity index (χ0) is 12.8. The fourth-order valence-electron chi connectivity index (χ4n) is 1.83. The van der Waals surface area contributed by atoms with Crippen molar-refractivity contribution >= 4 is 11.6 Å². The lowest BCUT2D eigenvalue weighted by Crippen LogP contribution is -2.27. The molecule has 0 aliphatic carbocycles. The molecule has 1 aromatic carbocycles. The fraction of sp³-hybridized carbons (Fsp3) is 0.538. The Labute approximate surface area is 108 Å². The third-order valence-electron chi connectivity index (χ3n) is 2.84. The van der Waals surface area contributed by atoms with Gasteiger partial charge in [-0.1, -0.05) is 31.0 Å². The molecule has 0 aliphatic rings. The van der Waals surface area contributed by atoms with Crippen molar-refractivity contribution in [2.75, 3.05) is 14.2 Å². The summed E-state index contributed by atoms with van der Waals surface area (Å²) in [6.45, 7) is 2.11. The van der Waals surface area contributed by atoms with Gasteiger partial charge < -0.3 is 15.2 Å². The smallest absolute Gasteiger partial charge is 0.137 e. The number of hydrogen-bond donors (Lipinski definition) is 1. The summed E-state index contributed by atoms with van der Waals surface area (Å²) in [6, 6.07) is 5.42. The molecule has 0 saturated heterocycles. The van der Waals surface area contributed by atoms with Crippen molar-refractivity contribution < 1.29 is 9.47 Å². The van der Waals surface area contributed by atoms with Crippen LogP contribution in [0.2, 0.25) is 5.02 Å². The second-order valence-electron chi connectivity index (χ2n) is 3.98. The third kappa shape index (κ3) is 3.60. The first-order valence-electron chi connectivity index (χ1n) is 5.75. The van der Waals surface area contributed by atoms with Crippen molar-refractivity contribution in [2.24, 2.45) is 5.73 Å². The minimum Gasteiger partial charge on any atom is -0.495 e. The van der Waals surface area contributed by atoms with Gasteiger partial charge in [-0.25, -0.2) is 0 Å². The van der Waals surface area contributed by atoms with Gasteiger partial charge in [0, 0.05) is 7.11 Å². The van der Waals surface area contributed by atoms with Crippen molar-refractivity contribution in [1.82, 2.24) is 0 Å². The molecule has 0 saturated carbocycles. The first-order chi connectivity index (χ1) is 8.13. The van der Waals surface area contributed by atoms with E-state index < -0.39 is 0 Å². The molecule has 0 aromatic heterocycles. The van der Waals surface area contributed by atoms with E-state index in [1.807, 2.05) is 12.1 Å². The van der Waals surface area contributed by atoms with Crippen LogP contribution in [0, 0.1) is 0 Å². The maximum atomic E-state index is 6.19. The quantitative estimate of drug-likeness (QED) is 0.851. The average Bonchev–Trinajstić information content (AvgIpc) is 2.35. The number of benzene rings is 1. The SMILES string of the molecule is CCCC(OC)C(N)c1ccc(Cl)c(OC)c1. The highest BCUT2D eigenvalue weighted by molar-refractivity contribution is 6.32. The van der Waals surface area contributed by atoms with Crippen molar-refractivity contribution in [3.8, 4) is 5.75 Å². The number of rotatable bonds is 6. The molecule has 2 N–H and O–H groups in total. The number of ether oxygens (including phenoxy) is 2. The molecular formula is C13H20ClNO2. The first kappa shape index (κ1) is 14.3. The molecular weight excluding hydrogens is 238 g/mol. The maximum absolute atomic E-state index is 6.19. The van der Waals surface area contributed by atoms with Crippen LogP contribution in [-0.2, 0) is 4.74 Å². The average molecular weight is 258 g/mol. The van der Waals surface area contributed by atoms with E-state index in [9.17, 15) is 0 Å². The Morgan fingerprint density at radius 2 is 2.06 bits per heavy atom. The van der Waals surface area contributed by atoms with Crippen LogP contribution >= 0.6 is 11.6 Å². The molecule has 0 amide bonds. The van der Waals surface area contributed by atoms with Crippen molar-refractivity contribution in [3.63, 3.8) is 0 Å². The van der Waals surface area contributed by atoms with Gasteiger partial charge >= 0.3 is 0 Å². The molecule has 1 rings (SSSR count). The van der Waals surface area contributed by atoms with Crippen LogP contribution in [0.1, 0.15) is 31.4 Å². The zero-order valence-corrected chi connectivity index (χ0v) is 11.3. The molecule has 4 heteroatoms. The van der Waals surface area contributed by atoms with Crippen LogP contribution in [0.3, 0.4) is 0 Å². The third-order valence-corrected chi connectivity index (χ3v) is 3.15. The van der Waals surface area contributed by atoms with E-state index in [2.05, 4.69) is 6.92 Å². The summed E-state index contributed by atoms with van der Waals surface area (Å²) in [7, 11) is 3.28. The van der Waals surface area contributed by atoms with Gasteiger partial charge in [0.2, 0.25) is 0 Å². The number of halogens is 1. The summed E-state index contributed by atoms with van der Waals surface area (Å²) in [4.78, 5) is 0. The highest BCUT2D eigenvalue weighted by Crippen LogP contribution is 2.29. The molecule has 0 fully saturated rings. The number of methoxy groups -OCH3 is 2. The van der Waals surface area contributed by atoms with E-state index in [0.717, 1.165) is 18.4 Å². The monoisotopic (exact) mass is 257 g/mol. The topological polar surface area (TPSA) is 44.5 Å². The van der Waals surface area contributed by atoms with Crippen LogP contribution in [0.4, 0.5) is 0 Å². The molecule has 17 heavy (non-hydrogen) atoms. The van der Waals surface area contributed by atoms with Crippen LogP contribution in [0.5, 0.6) is 5.75 Å². The predicted octanol–water partition coefficient (Wildman–Crippen LogP) is 3.16. The van der Waals surface area contributed by atoms with Crippen molar-refractivity contribution in [3.05, 3.63) is 28.8 Å². The molecule has 96 valence electrons. The fourth-order valence-corrected chi connectivity index (χ4v) is 2.02. The Bertz CT molecular complexity index is 357. The summed E-state index contributed by atoms with van der Waals surface area (Å²) in [5.74, 6) is 0.644. The second-order valence-corrected chi connectivity index (χ2v) is 4.39. The van der Waals surface area contributed by atoms with E-state index >= 15 is 0 Å². The summed E-state index contributed by atoms with van der Waals surface area (Å²) >= 11 is 5.98. The van der Waals surface area contributed by atoms with E-state index in [1.54, 1.807) is 20.3 Å². The van der Waals surface area contributed by atoms with Crippen molar-refractivity contribution in [2.45, 2.75) is 31.9 Å².